The van der Waals surface area contributed by atoms with Crippen molar-refractivity contribution in [3.63, 3.8) is 0 Å². The molecule has 5 heavy (non-hydrogen) atoms. The van der Waals surface area contributed by atoms with Crippen molar-refractivity contribution in [1.29, 1.82) is 0 Å². The Balaban J connectivity index is 2.22. The first-order chi connectivity index (χ1) is 2.43. The van der Waals surface area contributed by atoms with Crippen LogP contribution in [-0.2, 0) is 0 Å². The number of rotatable bonds is 1. The van der Waals surface area contributed by atoms with Gasteiger partial charge in [0.1, 0.15) is 0 Å². The molecule has 0 fully saturated rings. The van der Waals surface area contributed by atoms with Crippen LogP contribution in [0.25, 0.3) is 0 Å². The molecular formula is C3H3IS. The molecular weight excluding hydrogens is 195 g/mol. The zero-order chi connectivity index (χ0) is 3.70. The molecule has 0 unspecified atom stereocenters. The highest BCUT2D eigenvalue weighted by atomic mass is 127. The van der Waals surface area contributed by atoms with Gasteiger partial charge < -0.3 is 0 Å². The Kier molecular flexibility index (Phi) is 1.21. The van der Waals surface area contributed by atoms with E-state index in [4.69, 9.17) is 0 Å². The molecule has 0 aliphatic carbocycles. The minimum Gasteiger partial charge on any atom is -0.100 e. The molecule has 0 bridgehead atoms. The van der Waals surface area contributed by atoms with Gasteiger partial charge >= 0.3 is 0 Å². The molecule has 0 N–H and O–H groups in total. The van der Waals surface area contributed by atoms with Crippen LogP contribution in [-0.4, -0.2) is 4.43 Å². The molecule has 28 valence electrons. The summed E-state index contributed by atoms with van der Waals surface area (Å²) >= 11 is 4.20. The minimum absolute atomic E-state index is 1.21. The van der Waals surface area contributed by atoms with Gasteiger partial charge in [-0.15, -0.1) is 11.8 Å². The van der Waals surface area contributed by atoms with E-state index in [1.165, 1.54) is 9.33 Å². The Morgan fingerprint density at radius 3 is 2.60 bits per heavy atom. The lowest BCUT2D eigenvalue weighted by atomic mass is 10.8. The van der Waals surface area contributed by atoms with Gasteiger partial charge in [0.2, 0.25) is 0 Å². The molecule has 0 aromatic rings. The summed E-state index contributed by atoms with van der Waals surface area (Å²) in [5, 5.41) is 2.17. The maximum Gasteiger partial charge on any atom is 0.0315 e. The van der Waals surface area contributed by atoms with Gasteiger partial charge in [0.25, 0.3) is 0 Å². The Labute approximate surface area is 49.2 Å². The predicted molar refractivity (Wildman–Crippen MR) is 34.6 cm³/mol. The summed E-state index contributed by atoms with van der Waals surface area (Å²) in [6.07, 6.45) is 0. The first-order valence-electron chi connectivity index (χ1n) is 1.35. The third-order valence-electron chi connectivity index (χ3n) is 0.416. The molecule has 0 spiro atoms. The van der Waals surface area contributed by atoms with Crippen molar-refractivity contribution < 1.29 is 0 Å². The van der Waals surface area contributed by atoms with Crippen LogP contribution in [0.15, 0.2) is 10.3 Å². The zero-order valence-electron chi connectivity index (χ0n) is 2.57. The second-order valence-corrected chi connectivity index (χ2v) is 2.59. The summed E-state index contributed by atoms with van der Waals surface area (Å²) in [5.41, 5.74) is 0. The van der Waals surface area contributed by atoms with E-state index in [0.717, 1.165) is 0 Å². The maximum atomic E-state index is 2.35. The summed E-state index contributed by atoms with van der Waals surface area (Å²) in [4.78, 5) is 1.53. The number of hydrogen-bond acceptors (Lipinski definition) is 1. The van der Waals surface area contributed by atoms with Crippen LogP contribution < -0.4 is 0 Å². The summed E-state index contributed by atoms with van der Waals surface area (Å²) in [6.45, 7) is 0. The Morgan fingerprint density at radius 1 is 2.00 bits per heavy atom. The third kappa shape index (κ3) is 1.13. The lowest BCUT2D eigenvalue weighted by molar-refractivity contribution is 1.88. The van der Waals surface area contributed by atoms with Crippen LogP contribution in [0.3, 0.4) is 0 Å². The Bertz CT molecular complexity index is 67.3. The fraction of sp³-hybridized carbons (Fsp3) is 0.333. The molecule has 0 saturated carbocycles. The molecule has 0 saturated heterocycles. The van der Waals surface area contributed by atoms with Gasteiger partial charge in [-0.1, -0.05) is 22.6 Å². The molecule has 1 aliphatic heterocycles. The maximum absolute atomic E-state index is 2.35. The molecule has 0 amide bonds. The average molecular weight is 198 g/mol. The van der Waals surface area contributed by atoms with E-state index in [-0.39, 0.29) is 0 Å². The smallest absolute Gasteiger partial charge is 0.0315 e. The highest BCUT2D eigenvalue weighted by Crippen LogP contribution is 2.34. The van der Waals surface area contributed by atoms with Gasteiger partial charge in [-0.2, -0.15) is 0 Å². The first kappa shape index (κ1) is 3.99. The summed E-state index contributed by atoms with van der Waals surface area (Å²) in [6, 6.07) is 0. The van der Waals surface area contributed by atoms with Crippen molar-refractivity contribution in [3.8, 4) is 0 Å². The summed E-state index contributed by atoms with van der Waals surface area (Å²) < 4.78 is 1.21. The van der Waals surface area contributed by atoms with Gasteiger partial charge in [0, 0.05) is 9.33 Å². The molecule has 2 heteroatoms. The molecule has 0 nitrogen and oxygen atoms in total. The molecule has 0 atom stereocenters. The molecule has 0 aromatic carbocycles. The highest BCUT2D eigenvalue weighted by Gasteiger charge is 2.02. The monoisotopic (exact) mass is 198 g/mol. The number of hydrogen-bond donors (Lipinski definition) is 0. The van der Waals surface area contributed by atoms with Gasteiger partial charge in [-0.25, -0.2) is 0 Å². The van der Waals surface area contributed by atoms with Crippen LogP contribution in [0.5, 0.6) is 0 Å². The lowest BCUT2D eigenvalue weighted by Gasteiger charge is -1.63. The van der Waals surface area contributed by atoms with Crippen molar-refractivity contribution in [2.45, 2.75) is 0 Å². The Hall–Kier alpha value is 0.820. The second-order valence-electron chi connectivity index (χ2n) is 0.836. The van der Waals surface area contributed by atoms with E-state index in [1.807, 2.05) is 11.8 Å². The van der Waals surface area contributed by atoms with E-state index in [9.17, 15) is 0 Å². The van der Waals surface area contributed by atoms with Crippen molar-refractivity contribution in [2.75, 3.05) is 4.43 Å². The molecule has 0 radical (unpaired) electrons. The minimum atomic E-state index is 1.21. The molecule has 1 rings (SSSR count). The Morgan fingerprint density at radius 2 is 2.60 bits per heavy atom. The third-order valence-corrected chi connectivity index (χ3v) is 2.47. The van der Waals surface area contributed by atoms with Crippen LogP contribution in [0.1, 0.15) is 0 Å². The quantitative estimate of drug-likeness (QED) is 0.458. The van der Waals surface area contributed by atoms with E-state index < -0.39 is 0 Å². The van der Waals surface area contributed by atoms with E-state index in [2.05, 4.69) is 28.0 Å². The number of thioether (sulfide) groups is 1. The largest absolute Gasteiger partial charge is 0.100 e. The number of alkyl halides is 1. The zero-order valence-corrected chi connectivity index (χ0v) is 5.54. The highest BCUT2D eigenvalue weighted by molar-refractivity contribution is 14.1. The van der Waals surface area contributed by atoms with Gasteiger partial charge in [0.05, 0.1) is 0 Å². The van der Waals surface area contributed by atoms with Gasteiger partial charge in [0.15, 0.2) is 0 Å². The van der Waals surface area contributed by atoms with Crippen molar-refractivity contribution in [3.05, 3.63) is 10.3 Å². The van der Waals surface area contributed by atoms with Crippen molar-refractivity contribution in [1.82, 2.24) is 0 Å². The molecule has 0 aromatic heterocycles. The van der Waals surface area contributed by atoms with Gasteiger partial charge in [-0.05, 0) is 5.41 Å². The van der Waals surface area contributed by atoms with Gasteiger partial charge in [-0.3, -0.25) is 0 Å². The summed E-state index contributed by atoms with van der Waals surface area (Å²) in [7, 11) is 0. The van der Waals surface area contributed by atoms with Crippen LogP contribution in [0.4, 0.5) is 0 Å². The lowest BCUT2D eigenvalue weighted by Crippen LogP contribution is -1.50. The first-order valence-corrected chi connectivity index (χ1v) is 3.75. The van der Waals surface area contributed by atoms with Crippen LogP contribution in [0, 0.1) is 0 Å². The predicted octanol–water partition coefficient (Wildman–Crippen LogP) is 2.01. The fourth-order valence-corrected chi connectivity index (χ4v) is 1.39. The topological polar surface area (TPSA) is 0 Å². The fourth-order valence-electron chi connectivity index (χ4n) is 0.105. The van der Waals surface area contributed by atoms with E-state index >= 15 is 0 Å². The second kappa shape index (κ2) is 1.51. The normalized spacial score (nSPS) is 18.2. The average Bonchev–Trinajstić information content (AvgIpc) is 2.12. The summed E-state index contributed by atoms with van der Waals surface area (Å²) in [5.74, 6) is 0. The standard InChI is InChI=1S/C3H3IS/c4-1-3-2-5-3/h2H,1H2. The van der Waals surface area contributed by atoms with E-state index in [1.54, 1.807) is 0 Å². The number of allylic oxidation sites excluding steroid dienone is 1. The van der Waals surface area contributed by atoms with Crippen LogP contribution >= 0.6 is 34.4 Å². The molecule has 1 heterocycles. The SMILES string of the molecule is ICC1=CS1. The van der Waals surface area contributed by atoms with Crippen LogP contribution in [0.2, 0.25) is 0 Å². The van der Waals surface area contributed by atoms with E-state index in [0.29, 0.717) is 0 Å². The number of halogens is 1. The van der Waals surface area contributed by atoms with Crippen molar-refractivity contribution in [2.24, 2.45) is 0 Å². The van der Waals surface area contributed by atoms with Crippen molar-refractivity contribution >= 4 is 34.4 Å². The molecule has 1 aliphatic rings.